The topological polar surface area (TPSA) is 67.3 Å². The average Bonchev–Trinajstić information content (AvgIpc) is 3.08. The Morgan fingerprint density at radius 3 is 2.92 bits per heavy atom. The average molecular weight is 370 g/mol. The smallest absolute Gasteiger partial charge is 0.218 e. The Morgan fingerprint density at radius 2 is 2.08 bits per heavy atom. The first-order chi connectivity index (χ1) is 12.7. The number of thiophene rings is 1. The molecule has 136 valence electrons. The van der Waals surface area contributed by atoms with Gasteiger partial charge in [0.1, 0.15) is 24.3 Å². The number of ether oxygens (including phenoxy) is 1. The molecule has 3 aromatic heterocycles. The van der Waals surface area contributed by atoms with Crippen molar-refractivity contribution >= 4 is 33.2 Å². The number of aromatic nitrogens is 4. The molecule has 0 amide bonds. The van der Waals surface area contributed by atoms with Gasteiger partial charge < -0.3 is 14.5 Å². The second-order valence-corrected chi connectivity index (χ2v) is 7.44. The van der Waals surface area contributed by atoms with E-state index in [1.165, 1.54) is 10.3 Å². The Morgan fingerprint density at radius 1 is 1.23 bits per heavy atom. The van der Waals surface area contributed by atoms with Crippen LogP contribution in [0.3, 0.4) is 0 Å². The lowest BCUT2D eigenvalue weighted by atomic mass is 10.0. The summed E-state index contributed by atoms with van der Waals surface area (Å²) >= 11 is 1.73. The first-order valence-corrected chi connectivity index (χ1v) is 9.58. The summed E-state index contributed by atoms with van der Waals surface area (Å²) in [5.74, 6) is 2.51. The van der Waals surface area contributed by atoms with E-state index in [0.29, 0.717) is 11.9 Å². The number of rotatable bonds is 4. The van der Waals surface area contributed by atoms with Gasteiger partial charge in [-0.2, -0.15) is 0 Å². The fourth-order valence-electron chi connectivity index (χ4n) is 3.47. The lowest BCUT2D eigenvalue weighted by Gasteiger charge is -2.38. The maximum atomic E-state index is 5.23. The first-order valence-electron chi connectivity index (χ1n) is 8.70. The number of hydrogen-bond acceptors (Lipinski definition) is 8. The zero-order chi connectivity index (χ0) is 18.1. The Labute approximate surface area is 156 Å². The fourth-order valence-corrected chi connectivity index (χ4v) is 4.49. The Balaban J connectivity index is 1.59. The molecule has 1 atom stereocenters. The minimum absolute atomic E-state index is 0.356. The van der Waals surface area contributed by atoms with Gasteiger partial charge in [0, 0.05) is 32.2 Å². The Bertz CT molecular complexity index is 914. The van der Waals surface area contributed by atoms with Crippen molar-refractivity contribution in [2.24, 2.45) is 0 Å². The van der Waals surface area contributed by atoms with Gasteiger partial charge in [-0.15, -0.1) is 11.3 Å². The number of methoxy groups -OCH3 is 1. The van der Waals surface area contributed by atoms with Crippen LogP contribution in [0.15, 0.2) is 24.1 Å². The van der Waals surface area contributed by atoms with Gasteiger partial charge in [0.05, 0.1) is 17.3 Å². The second kappa shape index (κ2) is 7.03. The number of fused-ring (bicyclic) bond motifs is 1. The van der Waals surface area contributed by atoms with Crippen molar-refractivity contribution in [2.75, 3.05) is 37.0 Å². The molecule has 0 bridgehead atoms. The molecule has 0 aliphatic carbocycles. The van der Waals surface area contributed by atoms with Crippen molar-refractivity contribution in [3.8, 4) is 5.88 Å². The van der Waals surface area contributed by atoms with Gasteiger partial charge in [-0.25, -0.2) is 19.9 Å². The minimum atomic E-state index is 0.356. The van der Waals surface area contributed by atoms with E-state index in [0.717, 1.165) is 43.1 Å². The van der Waals surface area contributed by atoms with Gasteiger partial charge in [-0.1, -0.05) is 0 Å². The molecule has 7 nitrogen and oxygen atoms in total. The van der Waals surface area contributed by atoms with Gasteiger partial charge in [0.25, 0.3) is 0 Å². The summed E-state index contributed by atoms with van der Waals surface area (Å²) in [6.07, 6.45) is 5.47. The van der Waals surface area contributed by atoms with E-state index in [1.807, 2.05) is 6.07 Å². The molecule has 0 saturated carbocycles. The van der Waals surface area contributed by atoms with Crippen molar-refractivity contribution in [3.63, 3.8) is 0 Å². The predicted molar refractivity (Wildman–Crippen MR) is 104 cm³/mol. The molecule has 8 heteroatoms. The van der Waals surface area contributed by atoms with E-state index in [9.17, 15) is 0 Å². The van der Waals surface area contributed by atoms with E-state index in [-0.39, 0.29) is 0 Å². The summed E-state index contributed by atoms with van der Waals surface area (Å²) in [6.45, 7) is 4.03. The molecule has 4 heterocycles. The number of hydrogen-bond donors (Lipinski definition) is 0. The Kier molecular flexibility index (Phi) is 4.58. The van der Waals surface area contributed by atoms with Crippen LogP contribution in [0.5, 0.6) is 5.88 Å². The first kappa shape index (κ1) is 17.0. The van der Waals surface area contributed by atoms with Crippen molar-refractivity contribution in [3.05, 3.63) is 29.7 Å². The highest BCUT2D eigenvalue weighted by molar-refractivity contribution is 7.18. The van der Waals surface area contributed by atoms with Crippen molar-refractivity contribution in [1.29, 1.82) is 0 Å². The molecule has 0 N–H and O–H groups in total. The van der Waals surface area contributed by atoms with Gasteiger partial charge in [-0.3, -0.25) is 0 Å². The van der Waals surface area contributed by atoms with Crippen LogP contribution in [-0.2, 0) is 0 Å². The minimum Gasteiger partial charge on any atom is -0.481 e. The molecular formula is C18H22N6OS. The number of anilines is 2. The second-order valence-electron chi connectivity index (χ2n) is 6.57. The Hall–Kier alpha value is -2.48. The SMILES string of the molecule is COc1cc(N(C)C2CCCN(c3ncnc4c(C)csc34)C2)ncn1. The zero-order valence-electron chi connectivity index (χ0n) is 15.2. The molecule has 1 fully saturated rings. The monoisotopic (exact) mass is 370 g/mol. The highest BCUT2D eigenvalue weighted by atomic mass is 32.1. The molecule has 0 radical (unpaired) electrons. The van der Waals surface area contributed by atoms with Gasteiger partial charge in [-0.05, 0) is 30.7 Å². The number of likely N-dealkylation sites (N-methyl/N-ethyl adjacent to an activating group) is 1. The van der Waals surface area contributed by atoms with E-state index >= 15 is 0 Å². The standard InChI is InChI=1S/C18H22N6OS/c1-12-9-26-17-16(12)21-11-22-18(17)24-6-4-5-13(8-24)23(2)14-7-15(25-3)20-10-19-14/h7,9-11,13H,4-6,8H2,1-3H3. The summed E-state index contributed by atoms with van der Waals surface area (Å²) < 4.78 is 6.41. The lowest BCUT2D eigenvalue weighted by Crippen LogP contribution is -2.47. The van der Waals surface area contributed by atoms with Crippen LogP contribution in [0.25, 0.3) is 10.2 Å². The number of aryl methyl sites for hydroxylation is 1. The van der Waals surface area contributed by atoms with Gasteiger partial charge in [0.2, 0.25) is 5.88 Å². The summed E-state index contributed by atoms with van der Waals surface area (Å²) in [4.78, 5) is 22.1. The number of nitrogens with zero attached hydrogens (tertiary/aromatic N) is 6. The van der Waals surface area contributed by atoms with Crippen LogP contribution in [-0.4, -0.2) is 53.2 Å². The van der Waals surface area contributed by atoms with Crippen LogP contribution in [0.2, 0.25) is 0 Å². The van der Waals surface area contributed by atoms with Gasteiger partial charge >= 0.3 is 0 Å². The van der Waals surface area contributed by atoms with Crippen LogP contribution in [0.4, 0.5) is 11.6 Å². The van der Waals surface area contributed by atoms with Gasteiger partial charge in [0.15, 0.2) is 0 Å². The molecule has 3 aromatic rings. The van der Waals surface area contributed by atoms with Crippen LogP contribution in [0, 0.1) is 6.92 Å². The molecule has 1 aliphatic rings. The quantitative estimate of drug-likeness (QED) is 0.699. The third-order valence-corrected chi connectivity index (χ3v) is 6.04. The third kappa shape index (κ3) is 3.05. The summed E-state index contributed by atoms with van der Waals surface area (Å²) in [5.41, 5.74) is 2.28. The summed E-state index contributed by atoms with van der Waals surface area (Å²) in [7, 11) is 3.71. The third-order valence-electron chi connectivity index (χ3n) is 4.95. The van der Waals surface area contributed by atoms with Crippen LogP contribution < -0.4 is 14.5 Å². The molecule has 1 unspecified atom stereocenters. The highest BCUT2D eigenvalue weighted by Crippen LogP contribution is 2.33. The van der Waals surface area contributed by atoms with E-state index in [1.54, 1.807) is 31.1 Å². The molecule has 1 aliphatic heterocycles. The van der Waals surface area contributed by atoms with Crippen LogP contribution in [0.1, 0.15) is 18.4 Å². The summed E-state index contributed by atoms with van der Waals surface area (Å²) in [6, 6.07) is 2.24. The molecule has 4 rings (SSSR count). The largest absolute Gasteiger partial charge is 0.481 e. The lowest BCUT2D eigenvalue weighted by molar-refractivity contribution is 0.396. The van der Waals surface area contributed by atoms with Crippen molar-refractivity contribution in [2.45, 2.75) is 25.8 Å². The van der Waals surface area contributed by atoms with E-state index in [2.05, 4.69) is 49.1 Å². The van der Waals surface area contributed by atoms with Crippen molar-refractivity contribution in [1.82, 2.24) is 19.9 Å². The van der Waals surface area contributed by atoms with E-state index < -0.39 is 0 Å². The summed E-state index contributed by atoms with van der Waals surface area (Å²) in [5, 5.41) is 2.16. The molecule has 26 heavy (non-hydrogen) atoms. The molecular weight excluding hydrogens is 348 g/mol. The molecule has 1 saturated heterocycles. The molecule has 0 aromatic carbocycles. The maximum Gasteiger partial charge on any atom is 0.218 e. The molecule has 0 spiro atoms. The zero-order valence-corrected chi connectivity index (χ0v) is 16.0. The van der Waals surface area contributed by atoms with Crippen molar-refractivity contribution < 1.29 is 4.74 Å². The maximum absolute atomic E-state index is 5.23. The predicted octanol–water partition coefficient (Wildman–Crippen LogP) is 2.90. The normalized spacial score (nSPS) is 17.5. The fraction of sp³-hybridized carbons (Fsp3) is 0.444. The van der Waals surface area contributed by atoms with E-state index in [4.69, 9.17) is 4.74 Å². The van der Waals surface area contributed by atoms with Crippen LogP contribution >= 0.6 is 11.3 Å². The highest BCUT2D eigenvalue weighted by Gasteiger charge is 2.26. The number of piperidine rings is 1.